The summed E-state index contributed by atoms with van der Waals surface area (Å²) in [6.07, 6.45) is 17.5. The molecule has 3 heteroatoms. The number of thioether (sulfide) groups is 2. The van der Waals surface area contributed by atoms with Gasteiger partial charge in [-0.15, -0.1) is 23.5 Å². The summed E-state index contributed by atoms with van der Waals surface area (Å²) in [5.41, 5.74) is 3.47. The van der Waals surface area contributed by atoms with E-state index in [0.29, 0.717) is 10.3 Å². The summed E-state index contributed by atoms with van der Waals surface area (Å²) < 4.78 is 0.603. The minimum Gasteiger partial charge on any atom is -0.507 e. The first-order valence-corrected chi connectivity index (χ1v) is 16.7. The number of rotatable bonds is 18. The minimum atomic E-state index is -0.0626. The molecule has 0 aliphatic heterocycles. The fraction of sp³-hybridized carbons (Fsp3) is 0.812. The largest absolute Gasteiger partial charge is 0.507 e. The Labute approximate surface area is 228 Å². The lowest BCUT2D eigenvalue weighted by molar-refractivity contribution is 0.422. The van der Waals surface area contributed by atoms with E-state index in [1.54, 1.807) is 0 Å². The summed E-state index contributed by atoms with van der Waals surface area (Å²) in [7, 11) is 0. The van der Waals surface area contributed by atoms with Gasteiger partial charge in [0.05, 0.1) is 4.58 Å². The Morgan fingerprint density at radius 1 is 0.629 bits per heavy atom. The molecule has 0 aliphatic rings. The summed E-state index contributed by atoms with van der Waals surface area (Å²) in [5.74, 6) is 3.05. The van der Waals surface area contributed by atoms with E-state index in [1.165, 1.54) is 94.1 Å². The van der Waals surface area contributed by atoms with Crippen LogP contribution in [-0.2, 0) is 17.3 Å². The molecule has 0 unspecified atom stereocenters. The van der Waals surface area contributed by atoms with Crippen LogP contribution >= 0.6 is 23.5 Å². The lowest BCUT2D eigenvalue weighted by Gasteiger charge is -2.29. The van der Waals surface area contributed by atoms with Gasteiger partial charge in [-0.3, -0.25) is 0 Å². The molecule has 0 spiro atoms. The van der Waals surface area contributed by atoms with E-state index in [9.17, 15) is 5.11 Å². The van der Waals surface area contributed by atoms with E-state index in [1.807, 2.05) is 0 Å². The van der Waals surface area contributed by atoms with Gasteiger partial charge in [0.2, 0.25) is 0 Å². The number of hydrogen-bond donors (Lipinski definition) is 1. The van der Waals surface area contributed by atoms with Crippen molar-refractivity contribution in [3.8, 4) is 5.75 Å². The highest BCUT2D eigenvalue weighted by Gasteiger charge is 2.27. The fourth-order valence-electron chi connectivity index (χ4n) is 4.51. The molecule has 1 N–H and O–H groups in total. The summed E-state index contributed by atoms with van der Waals surface area (Å²) in [6.45, 7) is 17.9. The monoisotopic (exact) mass is 522 g/mol. The summed E-state index contributed by atoms with van der Waals surface area (Å²) >= 11 is 4.37. The van der Waals surface area contributed by atoms with E-state index < -0.39 is 0 Å². The number of aromatic hydroxyl groups is 1. The van der Waals surface area contributed by atoms with Crippen molar-refractivity contribution >= 4 is 23.5 Å². The van der Waals surface area contributed by atoms with Crippen molar-refractivity contribution in [2.24, 2.45) is 0 Å². The van der Waals surface area contributed by atoms with Crippen LogP contribution in [0.2, 0.25) is 0 Å². The molecule has 0 amide bonds. The zero-order chi connectivity index (χ0) is 26.3. The Balaban J connectivity index is 2.86. The summed E-state index contributed by atoms with van der Waals surface area (Å²) in [5, 5.41) is 11.1. The van der Waals surface area contributed by atoms with Crippen LogP contribution in [-0.4, -0.2) is 21.2 Å². The maximum absolute atomic E-state index is 11.1. The molecule has 0 saturated heterocycles. The SMILES string of the molecule is CCCCCCCCSC(Cc1cc(C(C)(C)C)c(O)c(C(C)(C)C)c1)SCCCCCCCC. The van der Waals surface area contributed by atoms with Crippen LogP contribution in [0.5, 0.6) is 5.75 Å². The second-order valence-electron chi connectivity index (χ2n) is 12.5. The highest BCUT2D eigenvalue weighted by molar-refractivity contribution is 8.17. The number of phenolic OH excluding ortho intramolecular Hbond substituents is 1. The highest BCUT2D eigenvalue weighted by Crippen LogP contribution is 2.41. The third kappa shape index (κ3) is 13.7. The molecule has 0 atom stereocenters. The lowest BCUT2D eigenvalue weighted by Crippen LogP contribution is -2.18. The Morgan fingerprint density at radius 2 is 1.00 bits per heavy atom. The van der Waals surface area contributed by atoms with Crippen LogP contribution in [0.1, 0.15) is 149 Å². The van der Waals surface area contributed by atoms with E-state index in [2.05, 4.69) is 91.0 Å². The lowest BCUT2D eigenvalue weighted by atomic mass is 9.78. The van der Waals surface area contributed by atoms with Crippen molar-refractivity contribution in [2.75, 3.05) is 11.5 Å². The smallest absolute Gasteiger partial charge is 0.123 e. The van der Waals surface area contributed by atoms with Gasteiger partial charge in [0, 0.05) is 0 Å². The third-order valence-corrected chi connectivity index (χ3v) is 9.73. The molecule has 1 aromatic rings. The second-order valence-corrected chi connectivity index (χ2v) is 15.4. The first-order chi connectivity index (χ1) is 16.5. The van der Waals surface area contributed by atoms with Crippen LogP contribution in [0, 0.1) is 0 Å². The van der Waals surface area contributed by atoms with E-state index in [0.717, 1.165) is 17.5 Å². The molecule has 0 fully saturated rings. The van der Waals surface area contributed by atoms with Gasteiger partial charge in [0.25, 0.3) is 0 Å². The number of unbranched alkanes of at least 4 members (excludes halogenated alkanes) is 10. The predicted octanol–water partition coefficient (Wildman–Crippen LogP) is 11.0. The topological polar surface area (TPSA) is 20.2 Å². The van der Waals surface area contributed by atoms with Gasteiger partial charge < -0.3 is 5.11 Å². The molecule has 0 bridgehead atoms. The standard InChI is InChI=1S/C32H58OS2/c1-9-11-13-15-17-19-21-34-29(35-22-20-18-16-14-12-10-2)25-26-23-27(31(3,4)5)30(33)28(24-26)32(6,7)8/h23-24,29,33H,9-22,25H2,1-8H3. The Hall–Kier alpha value is -0.280. The van der Waals surface area contributed by atoms with Gasteiger partial charge in [-0.2, -0.15) is 0 Å². The van der Waals surface area contributed by atoms with Crippen molar-refractivity contribution < 1.29 is 5.11 Å². The number of hydrogen-bond acceptors (Lipinski definition) is 3. The first-order valence-electron chi connectivity index (χ1n) is 14.6. The molecule has 0 aromatic heterocycles. The second kappa shape index (κ2) is 17.3. The van der Waals surface area contributed by atoms with E-state index in [-0.39, 0.29) is 10.8 Å². The molecule has 0 aliphatic carbocycles. The van der Waals surface area contributed by atoms with E-state index in [4.69, 9.17) is 0 Å². The predicted molar refractivity (Wildman–Crippen MR) is 165 cm³/mol. The molecule has 0 radical (unpaired) electrons. The van der Waals surface area contributed by atoms with Gasteiger partial charge in [-0.25, -0.2) is 0 Å². The molecular formula is C32H58OS2. The Morgan fingerprint density at radius 3 is 1.37 bits per heavy atom. The molecule has 1 nitrogen and oxygen atoms in total. The van der Waals surface area contributed by atoms with Gasteiger partial charge in [-0.05, 0) is 58.3 Å². The maximum atomic E-state index is 11.1. The Bertz CT molecular complexity index is 631. The molecule has 1 aromatic carbocycles. The summed E-state index contributed by atoms with van der Waals surface area (Å²) in [6, 6.07) is 4.60. The van der Waals surface area contributed by atoms with Crippen molar-refractivity contribution in [1.82, 2.24) is 0 Å². The minimum absolute atomic E-state index is 0.0626. The van der Waals surface area contributed by atoms with Gasteiger partial charge in [0.1, 0.15) is 5.75 Å². The van der Waals surface area contributed by atoms with Crippen LogP contribution in [0.15, 0.2) is 12.1 Å². The van der Waals surface area contributed by atoms with Crippen molar-refractivity contribution in [2.45, 2.75) is 154 Å². The van der Waals surface area contributed by atoms with E-state index >= 15 is 0 Å². The number of benzene rings is 1. The van der Waals surface area contributed by atoms with Gasteiger partial charge in [-0.1, -0.05) is 132 Å². The van der Waals surface area contributed by atoms with Crippen LogP contribution in [0.25, 0.3) is 0 Å². The first kappa shape index (κ1) is 32.7. The van der Waals surface area contributed by atoms with Crippen LogP contribution in [0.4, 0.5) is 0 Å². The van der Waals surface area contributed by atoms with Crippen molar-refractivity contribution in [3.63, 3.8) is 0 Å². The molecule has 204 valence electrons. The van der Waals surface area contributed by atoms with Crippen LogP contribution < -0.4 is 0 Å². The van der Waals surface area contributed by atoms with Crippen molar-refractivity contribution in [3.05, 3.63) is 28.8 Å². The molecule has 35 heavy (non-hydrogen) atoms. The zero-order valence-corrected chi connectivity index (χ0v) is 26.2. The maximum Gasteiger partial charge on any atom is 0.123 e. The van der Waals surface area contributed by atoms with Gasteiger partial charge >= 0.3 is 0 Å². The molecule has 0 heterocycles. The number of phenols is 1. The normalized spacial score (nSPS) is 12.6. The molecular weight excluding hydrogens is 464 g/mol. The fourth-order valence-corrected chi connectivity index (χ4v) is 7.36. The van der Waals surface area contributed by atoms with Crippen LogP contribution in [0.3, 0.4) is 0 Å². The average molecular weight is 523 g/mol. The summed E-state index contributed by atoms with van der Waals surface area (Å²) in [4.78, 5) is 0. The molecule has 0 saturated carbocycles. The van der Waals surface area contributed by atoms with Crippen molar-refractivity contribution in [1.29, 1.82) is 0 Å². The highest BCUT2D eigenvalue weighted by atomic mass is 32.2. The average Bonchev–Trinajstić information content (AvgIpc) is 2.77. The zero-order valence-electron chi connectivity index (χ0n) is 24.6. The molecule has 1 rings (SSSR count). The third-order valence-electron chi connectivity index (χ3n) is 6.79. The Kier molecular flexibility index (Phi) is 16.2. The van der Waals surface area contributed by atoms with Gasteiger partial charge in [0.15, 0.2) is 0 Å². The quantitative estimate of drug-likeness (QED) is 0.153.